The molecule has 96 valence electrons. The van der Waals surface area contributed by atoms with E-state index < -0.39 is 30.2 Å². The number of aromatic nitrogens is 2. The van der Waals surface area contributed by atoms with Gasteiger partial charge >= 0.3 is 5.69 Å². The van der Waals surface area contributed by atoms with E-state index in [1.165, 1.54) is 6.20 Å². The van der Waals surface area contributed by atoms with Crippen LogP contribution in [-0.2, 0) is 4.74 Å². The van der Waals surface area contributed by atoms with Gasteiger partial charge in [0.05, 0.1) is 11.7 Å². The van der Waals surface area contributed by atoms with Gasteiger partial charge in [-0.2, -0.15) is 4.98 Å². The van der Waals surface area contributed by atoms with Gasteiger partial charge in [-0.3, -0.25) is 4.57 Å². The SMILES string of the molecule is C#Cc1cn([C@@H]2O[C@H](C)C(O)C2O)c(=O)nc1N. The van der Waals surface area contributed by atoms with Crippen molar-refractivity contribution >= 4 is 5.82 Å². The van der Waals surface area contributed by atoms with Crippen LogP contribution >= 0.6 is 0 Å². The largest absolute Gasteiger partial charge is 0.388 e. The first kappa shape index (κ1) is 12.6. The number of terminal acetylenes is 1. The Morgan fingerprint density at radius 3 is 2.72 bits per heavy atom. The van der Waals surface area contributed by atoms with E-state index in [4.69, 9.17) is 16.9 Å². The lowest BCUT2D eigenvalue weighted by atomic mass is 10.1. The standard InChI is InChI=1S/C11H13N3O4/c1-3-6-4-14(11(17)13-9(6)12)10-8(16)7(15)5(2)18-10/h1,4-5,7-8,10,15-16H,2H3,(H2,12,13,17)/t5-,7?,8?,10-/m1/s1. The van der Waals surface area contributed by atoms with Crippen LogP contribution in [0.5, 0.6) is 0 Å². The van der Waals surface area contributed by atoms with Gasteiger partial charge < -0.3 is 20.7 Å². The Hall–Kier alpha value is -1.88. The van der Waals surface area contributed by atoms with Crippen molar-refractivity contribution in [2.75, 3.05) is 5.73 Å². The van der Waals surface area contributed by atoms with Gasteiger partial charge in [0.2, 0.25) is 0 Å². The molecule has 4 N–H and O–H groups in total. The smallest absolute Gasteiger partial charge is 0.351 e. The molecule has 1 fully saturated rings. The molecule has 0 aliphatic carbocycles. The molecule has 1 aromatic rings. The van der Waals surface area contributed by atoms with E-state index >= 15 is 0 Å². The molecular weight excluding hydrogens is 238 g/mol. The summed E-state index contributed by atoms with van der Waals surface area (Å²) in [6.07, 6.45) is 2.58. The number of aliphatic hydroxyl groups is 2. The summed E-state index contributed by atoms with van der Waals surface area (Å²) < 4.78 is 6.34. The normalized spacial score (nSPS) is 31.2. The minimum absolute atomic E-state index is 0.0557. The first-order valence-corrected chi connectivity index (χ1v) is 5.32. The van der Waals surface area contributed by atoms with Gasteiger partial charge in [-0.25, -0.2) is 4.79 Å². The van der Waals surface area contributed by atoms with Crippen LogP contribution in [0.25, 0.3) is 0 Å². The Balaban J connectivity index is 2.47. The Kier molecular flexibility index (Phi) is 3.09. The number of anilines is 1. The van der Waals surface area contributed by atoms with Crippen LogP contribution in [0.3, 0.4) is 0 Å². The molecule has 0 bridgehead atoms. The van der Waals surface area contributed by atoms with Gasteiger partial charge in [-0.15, -0.1) is 6.42 Å². The highest BCUT2D eigenvalue weighted by molar-refractivity contribution is 5.47. The van der Waals surface area contributed by atoms with E-state index in [2.05, 4.69) is 10.9 Å². The van der Waals surface area contributed by atoms with E-state index in [-0.39, 0.29) is 11.4 Å². The molecular formula is C11H13N3O4. The number of nitrogen functional groups attached to an aromatic ring is 1. The van der Waals surface area contributed by atoms with Gasteiger partial charge in [0.15, 0.2) is 6.23 Å². The second-order valence-electron chi connectivity index (χ2n) is 4.09. The molecule has 0 spiro atoms. The number of nitrogens with two attached hydrogens (primary N) is 1. The van der Waals surface area contributed by atoms with Crippen LogP contribution in [0, 0.1) is 12.3 Å². The van der Waals surface area contributed by atoms with Gasteiger partial charge in [0.1, 0.15) is 18.0 Å². The van der Waals surface area contributed by atoms with Crippen molar-refractivity contribution in [1.29, 1.82) is 0 Å². The molecule has 1 aromatic heterocycles. The zero-order chi connectivity index (χ0) is 13.4. The summed E-state index contributed by atoms with van der Waals surface area (Å²) in [7, 11) is 0. The summed E-state index contributed by atoms with van der Waals surface area (Å²) in [5, 5.41) is 19.4. The Bertz CT molecular complexity index is 562. The molecule has 18 heavy (non-hydrogen) atoms. The lowest BCUT2D eigenvalue weighted by Gasteiger charge is -2.17. The third-order valence-corrected chi connectivity index (χ3v) is 2.89. The fourth-order valence-electron chi connectivity index (χ4n) is 1.83. The van der Waals surface area contributed by atoms with Gasteiger partial charge in [0.25, 0.3) is 0 Å². The van der Waals surface area contributed by atoms with E-state index in [1.807, 2.05) is 0 Å². The maximum atomic E-state index is 11.7. The molecule has 0 aromatic carbocycles. The van der Waals surface area contributed by atoms with Gasteiger partial charge in [0, 0.05) is 6.20 Å². The quantitative estimate of drug-likeness (QED) is 0.521. The second-order valence-corrected chi connectivity index (χ2v) is 4.09. The molecule has 1 saturated heterocycles. The van der Waals surface area contributed by atoms with Crippen molar-refractivity contribution in [1.82, 2.24) is 9.55 Å². The van der Waals surface area contributed by atoms with Crippen molar-refractivity contribution in [3.63, 3.8) is 0 Å². The average molecular weight is 251 g/mol. The molecule has 7 nitrogen and oxygen atoms in total. The monoisotopic (exact) mass is 251 g/mol. The third-order valence-electron chi connectivity index (χ3n) is 2.89. The molecule has 2 unspecified atom stereocenters. The van der Waals surface area contributed by atoms with Gasteiger partial charge in [-0.1, -0.05) is 5.92 Å². The second kappa shape index (κ2) is 4.42. The maximum Gasteiger partial charge on any atom is 0.351 e. The molecule has 0 amide bonds. The minimum Gasteiger partial charge on any atom is -0.388 e. The zero-order valence-electron chi connectivity index (χ0n) is 9.65. The average Bonchev–Trinajstić information content (AvgIpc) is 2.57. The first-order chi connectivity index (χ1) is 8.45. The number of ether oxygens (including phenoxy) is 1. The van der Waals surface area contributed by atoms with Crippen LogP contribution in [0.2, 0.25) is 0 Å². The number of hydrogen-bond donors (Lipinski definition) is 3. The summed E-state index contributed by atoms with van der Waals surface area (Å²) in [6, 6.07) is 0. The molecule has 0 saturated carbocycles. The summed E-state index contributed by atoms with van der Waals surface area (Å²) in [5.74, 6) is 2.22. The van der Waals surface area contributed by atoms with Gasteiger partial charge in [-0.05, 0) is 6.92 Å². The molecule has 1 aliphatic heterocycles. The summed E-state index contributed by atoms with van der Waals surface area (Å²) in [6.45, 7) is 1.59. The van der Waals surface area contributed by atoms with E-state index in [0.717, 1.165) is 4.57 Å². The van der Waals surface area contributed by atoms with Crippen LogP contribution in [0.4, 0.5) is 5.82 Å². The van der Waals surface area contributed by atoms with Crippen molar-refractivity contribution in [3.05, 3.63) is 22.2 Å². The van der Waals surface area contributed by atoms with Crippen LogP contribution in [-0.4, -0.2) is 38.1 Å². The van der Waals surface area contributed by atoms with Crippen molar-refractivity contribution in [3.8, 4) is 12.3 Å². The van der Waals surface area contributed by atoms with E-state index in [1.54, 1.807) is 6.92 Å². The first-order valence-electron chi connectivity index (χ1n) is 5.32. The van der Waals surface area contributed by atoms with Crippen molar-refractivity contribution < 1.29 is 14.9 Å². The molecule has 4 atom stereocenters. The predicted octanol–water partition coefficient (Wildman–Crippen LogP) is -1.55. The minimum atomic E-state index is -1.23. The topological polar surface area (TPSA) is 111 Å². The van der Waals surface area contributed by atoms with Crippen LogP contribution in [0.1, 0.15) is 18.7 Å². The maximum absolute atomic E-state index is 11.7. The highest BCUT2D eigenvalue weighted by Gasteiger charge is 2.41. The molecule has 2 rings (SSSR count). The van der Waals surface area contributed by atoms with E-state index in [9.17, 15) is 15.0 Å². The molecule has 7 heteroatoms. The third kappa shape index (κ3) is 1.86. The summed E-state index contributed by atoms with van der Waals surface area (Å²) in [4.78, 5) is 15.2. The number of aliphatic hydroxyl groups excluding tert-OH is 2. The fraction of sp³-hybridized carbons (Fsp3) is 0.455. The Labute approximate surface area is 103 Å². The number of rotatable bonds is 1. The van der Waals surface area contributed by atoms with Crippen LogP contribution < -0.4 is 11.4 Å². The van der Waals surface area contributed by atoms with Crippen molar-refractivity contribution in [2.45, 2.75) is 31.5 Å². The summed E-state index contributed by atoms with van der Waals surface area (Å²) in [5.41, 5.74) is 4.99. The predicted molar refractivity (Wildman–Crippen MR) is 62.4 cm³/mol. The van der Waals surface area contributed by atoms with Crippen molar-refractivity contribution in [2.24, 2.45) is 0 Å². The lowest BCUT2D eigenvalue weighted by molar-refractivity contribution is -0.0350. The number of nitrogens with zero attached hydrogens (tertiary/aromatic N) is 2. The zero-order valence-corrected chi connectivity index (χ0v) is 9.65. The highest BCUT2D eigenvalue weighted by Crippen LogP contribution is 2.28. The molecule has 2 heterocycles. The fourth-order valence-corrected chi connectivity index (χ4v) is 1.83. The molecule has 0 radical (unpaired) electrons. The Morgan fingerprint density at radius 2 is 2.22 bits per heavy atom. The summed E-state index contributed by atoms with van der Waals surface area (Å²) >= 11 is 0. The van der Waals surface area contributed by atoms with Crippen LogP contribution in [0.15, 0.2) is 11.0 Å². The highest BCUT2D eigenvalue weighted by atomic mass is 16.6. The number of hydrogen-bond acceptors (Lipinski definition) is 6. The van der Waals surface area contributed by atoms with E-state index in [0.29, 0.717) is 0 Å². The lowest BCUT2D eigenvalue weighted by Crippen LogP contribution is -2.35. The molecule has 1 aliphatic rings. The Morgan fingerprint density at radius 1 is 1.56 bits per heavy atom.